The van der Waals surface area contributed by atoms with E-state index in [2.05, 4.69) is 40.7 Å². The highest BCUT2D eigenvalue weighted by atomic mass is 35.5. The maximum absolute atomic E-state index is 13.6. The van der Waals surface area contributed by atoms with Gasteiger partial charge in [0.2, 0.25) is 10.0 Å². The van der Waals surface area contributed by atoms with Crippen LogP contribution in [0.1, 0.15) is 80.3 Å². The smallest absolute Gasteiger partial charge is 0.264 e. The van der Waals surface area contributed by atoms with Gasteiger partial charge in [-0.05, 0) is 125 Å². The van der Waals surface area contributed by atoms with Gasteiger partial charge in [-0.3, -0.25) is 4.79 Å². The van der Waals surface area contributed by atoms with E-state index in [1.807, 2.05) is 25.1 Å². The first-order valence-corrected chi connectivity index (χ1v) is 20.1. The second kappa shape index (κ2) is 14.0. The summed E-state index contributed by atoms with van der Waals surface area (Å²) in [5.41, 5.74) is 3.48. The molecule has 0 radical (unpaired) electrons. The van der Waals surface area contributed by atoms with E-state index in [1.54, 1.807) is 13.0 Å². The number of carbonyl (C=O) groups is 1. The molecule has 1 saturated carbocycles. The normalized spacial score (nSPS) is 34.9. The Morgan fingerprint density at radius 3 is 2.51 bits per heavy atom. The van der Waals surface area contributed by atoms with Crippen molar-refractivity contribution < 1.29 is 27.4 Å². The van der Waals surface area contributed by atoms with Crippen molar-refractivity contribution in [3.05, 3.63) is 58.1 Å². The van der Waals surface area contributed by atoms with E-state index < -0.39 is 21.2 Å². The van der Waals surface area contributed by atoms with Gasteiger partial charge >= 0.3 is 0 Å². The first-order chi connectivity index (χ1) is 23.4. The number of anilines is 1. The number of carbonyl (C=O) groups excluding carboxylic acids is 1. The molecule has 9 nitrogen and oxygen atoms in total. The Hall–Kier alpha value is -2.37. The Labute approximate surface area is 297 Å². The molecule has 3 aliphatic heterocycles. The molecular weight excluding hydrogens is 662 g/mol. The summed E-state index contributed by atoms with van der Waals surface area (Å²) < 4.78 is 49.0. The summed E-state index contributed by atoms with van der Waals surface area (Å²) in [6.07, 6.45) is 7.49. The van der Waals surface area contributed by atoms with Gasteiger partial charge in [0, 0.05) is 35.0 Å². The SMILES string of the molecule is C[C@@H]1[C@@H](C)CCC[C@@H]([C@H]2OC[C@@H](N(C)C)CO2)[C@@H]2CC[C@H]2CN2C[C@@]3(CCCc4cc(Cl)ccc43)COc3ccc(cc32)C(=O)NS1(=O)=O. The highest BCUT2D eigenvalue weighted by Crippen LogP contribution is 2.49. The molecule has 3 heterocycles. The lowest BCUT2D eigenvalue weighted by atomic mass is 9.64. The molecule has 49 heavy (non-hydrogen) atoms. The number of fused-ring (bicyclic) bond motifs is 4. The van der Waals surface area contributed by atoms with Crippen LogP contribution in [0, 0.1) is 23.7 Å². The van der Waals surface area contributed by atoms with Crippen molar-refractivity contribution in [3.8, 4) is 5.75 Å². The van der Waals surface area contributed by atoms with E-state index in [1.165, 1.54) is 11.1 Å². The minimum absolute atomic E-state index is 0.122. The highest BCUT2D eigenvalue weighted by Gasteiger charge is 2.47. The average Bonchev–Trinajstić information content (AvgIpc) is 3.21. The topological polar surface area (TPSA) is 97.4 Å². The molecule has 6 atom stereocenters. The molecule has 11 heteroatoms. The van der Waals surface area contributed by atoms with Crippen LogP contribution in [0.15, 0.2) is 36.4 Å². The number of aryl methyl sites for hydroxylation is 1. The molecule has 268 valence electrons. The van der Waals surface area contributed by atoms with Gasteiger partial charge in [0.15, 0.2) is 6.29 Å². The molecule has 2 fully saturated rings. The summed E-state index contributed by atoms with van der Waals surface area (Å²) in [7, 11) is 0.219. The van der Waals surface area contributed by atoms with Crippen LogP contribution in [-0.4, -0.2) is 83.8 Å². The monoisotopic (exact) mass is 713 g/mol. The van der Waals surface area contributed by atoms with Crippen molar-refractivity contribution in [1.29, 1.82) is 0 Å². The van der Waals surface area contributed by atoms with E-state index in [0.717, 1.165) is 80.9 Å². The number of hydrogen-bond donors (Lipinski definition) is 1. The maximum atomic E-state index is 13.6. The lowest BCUT2D eigenvalue weighted by molar-refractivity contribution is -0.240. The Bertz CT molecular complexity index is 1650. The fourth-order valence-corrected chi connectivity index (χ4v) is 10.5. The van der Waals surface area contributed by atoms with Crippen LogP contribution in [0.25, 0.3) is 0 Å². The molecule has 1 N–H and O–H groups in total. The van der Waals surface area contributed by atoms with Crippen molar-refractivity contribution in [2.24, 2.45) is 23.7 Å². The number of sulfonamides is 1. The molecule has 2 aromatic carbocycles. The van der Waals surface area contributed by atoms with Crippen LogP contribution in [0.4, 0.5) is 5.69 Å². The lowest BCUT2D eigenvalue weighted by Crippen LogP contribution is -2.52. The van der Waals surface area contributed by atoms with E-state index in [4.69, 9.17) is 25.8 Å². The number of halogens is 1. The Morgan fingerprint density at radius 2 is 1.78 bits per heavy atom. The zero-order valence-electron chi connectivity index (χ0n) is 29.3. The molecule has 1 spiro atoms. The van der Waals surface area contributed by atoms with Crippen molar-refractivity contribution in [2.45, 2.75) is 88.2 Å². The molecule has 2 bridgehead atoms. The largest absolute Gasteiger partial charge is 0.490 e. The number of likely N-dealkylation sites (N-methyl/N-ethyl adjacent to an activating group) is 1. The number of amides is 1. The number of rotatable bonds is 2. The molecule has 5 aliphatic rings. The number of benzene rings is 2. The van der Waals surface area contributed by atoms with Crippen molar-refractivity contribution in [3.63, 3.8) is 0 Å². The van der Waals surface area contributed by atoms with Crippen LogP contribution < -0.4 is 14.4 Å². The Morgan fingerprint density at radius 1 is 0.980 bits per heavy atom. The third-order valence-electron chi connectivity index (χ3n) is 12.5. The standard InChI is InChI=1S/C38H52ClN3O6S/c1-24-7-5-9-32(37-46-20-30(21-47-37)41(3)4)31-13-10-28(31)19-42-22-38(16-6-8-26-17-29(39)12-14-33(26)38)23-48-35-15-11-27(18-34(35)42)36(43)40-49(44,45)25(24)2/h11-12,14-15,17-18,24-25,28,30-32,37H,5-10,13,16,19-23H2,1-4H3,(H,40,43)/t24-,25+,28-,30-,31+,32+,37+,38-/m0/s1. The predicted molar refractivity (Wildman–Crippen MR) is 192 cm³/mol. The van der Waals surface area contributed by atoms with Crippen molar-refractivity contribution in [2.75, 3.05) is 51.9 Å². The third kappa shape index (κ3) is 6.97. The molecule has 0 aromatic heterocycles. The molecule has 1 saturated heterocycles. The van der Waals surface area contributed by atoms with Gasteiger partial charge in [-0.25, -0.2) is 13.1 Å². The van der Waals surface area contributed by atoms with Crippen molar-refractivity contribution in [1.82, 2.24) is 9.62 Å². The van der Waals surface area contributed by atoms with Gasteiger partial charge in [0.1, 0.15) is 5.75 Å². The molecule has 0 unspecified atom stereocenters. The number of hydrogen-bond acceptors (Lipinski definition) is 8. The summed E-state index contributed by atoms with van der Waals surface area (Å²) in [6, 6.07) is 11.9. The number of nitrogens with one attached hydrogen (secondary N) is 1. The summed E-state index contributed by atoms with van der Waals surface area (Å²) in [5, 5.41) is 0.0306. The summed E-state index contributed by atoms with van der Waals surface area (Å²) in [6.45, 7) is 7.03. The average molecular weight is 714 g/mol. The van der Waals surface area contributed by atoms with Gasteiger partial charge < -0.3 is 24.0 Å². The number of nitrogens with zero attached hydrogens (tertiary/aromatic N) is 2. The fraction of sp³-hybridized carbons (Fsp3) is 0.658. The molecule has 7 rings (SSSR count). The van der Waals surface area contributed by atoms with E-state index in [0.29, 0.717) is 37.2 Å². The van der Waals surface area contributed by atoms with Crippen LogP contribution in [-0.2, 0) is 31.3 Å². The summed E-state index contributed by atoms with van der Waals surface area (Å²) >= 11 is 6.47. The fourth-order valence-electron chi connectivity index (χ4n) is 9.03. The van der Waals surface area contributed by atoms with Gasteiger partial charge in [0.05, 0.1) is 36.8 Å². The molecule has 1 amide bonds. The number of ether oxygens (including phenoxy) is 3. The van der Waals surface area contributed by atoms with E-state index in [9.17, 15) is 13.2 Å². The molecule has 2 aromatic rings. The zero-order chi connectivity index (χ0) is 34.5. The summed E-state index contributed by atoms with van der Waals surface area (Å²) in [5.74, 6) is 1.05. The van der Waals surface area contributed by atoms with E-state index >= 15 is 0 Å². The minimum atomic E-state index is -3.90. The van der Waals surface area contributed by atoms with Gasteiger partial charge in [-0.1, -0.05) is 31.0 Å². The zero-order valence-corrected chi connectivity index (χ0v) is 30.9. The van der Waals surface area contributed by atoms with Crippen LogP contribution in [0.2, 0.25) is 5.02 Å². The summed E-state index contributed by atoms with van der Waals surface area (Å²) in [4.78, 5) is 18.2. The first-order valence-electron chi connectivity index (χ1n) is 18.2. The van der Waals surface area contributed by atoms with Gasteiger partial charge in [0.25, 0.3) is 5.91 Å². The predicted octanol–water partition coefficient (Wildman–Crippen LogP) is 6.03. The first kappa shape index (κ1) is 35.1. The highest BCUT2D eigenvalue weighted by molar-refractivity contribution is 7.90. The molecule has 2 aliphatic carbocycles. The second-order valence-corrected chi connectivity index (χ2v) is 18.2. The Balaban J connectivity index is 1.26. The maximum Gasteiger partial charge on any atom is 0.264 e. The van der Waals surface area contributed by atoms with Crippen LogP contribution in [0.5, 0.6) is 5.75 Å². The quantitative estimate of drug-likeness (QED) is 0.404. The Kier molecular flexibility index (Phi) is 10.0. The minimum Gasteiger partial charge on any atom is -0.490 e. The van der Waals surface area contributed by atoms with Crippen molar-refractivity contribution >= 4 is 33.2 Å². The van der Waals surface area contributed by atoms with Gasteiger partial charge in [-0.15, -0.1) is 0 Å². The van der Waals surface area contributed by atoms with Gasteiger partial charge in [-0.2, -0.15) is 0 Å². The van der Waals surface area contributed by atoms with E-state index in [-0.39, 0.29) is 29.6 Å². The van der Waals surface area contributed by atoms with Crippen LogP contribution >= 0.6 is 11.6 Å². The second-order valence-electron chi connectivity index (χ2n) is 15.7. The third-order valence-corrected chi connectivity index (χ3v) is 14.6. The molecular formula is C38H52ClN3O6S. The van der Waals surface area contributed by atoms with Crippen LogP contribution in [0.3, 0.4) is 0 Å². The lowest BCUT2D eigenvalue weighted by Gasteiger charge is -2.49.